The summed E-state index contributed by atoms with van der Waals surface area (Å²) in [5, 5.41) is 7.35. The van der Waals surface area contributed by atoms with Gasteiger partial charge in [-0.05, 0) is 45.7 Å². The Bertz CT molecular complexity index is 594. The molecule has 0 bridgehead atoms. The molecule has 1 spiro atoms. The highest BCUT2D eigenvalue weighted by Gasteiger charge is 2.49. The van der Waals surface area contributed by atoms with Crippen molar-refractivity contribution in [3.05, 3.63) is 18.0 Å². The molecule has 2 heterocycles. The molecule has 0 aromatic carbocycles. The lowest BCUT2D eigenvalue weighted by Gasteiger charge is -2.44. The van der Waals surface area contributed by atoms with E-state index in [0.717, 1.165) is 44.5 Å². The summed E-state index contributed by atoms with van der Waals surface area (Å²) >= 11 is 0. The summed E-state index contributed by atoms with van der Waals surface area (Å²) in [6.45, 7) is 5.13. The molecule has 7 heteroatoms. The van der Waals surface area contributed by atoms with Gasteiger partial charge in [-0.3, -0.25) is 4.68 Å². The summed E-state index contributed by atoms with van der Waals surface area (Å²) in [7, 11) is 5.96. The molecule has 0 radical (unpaired) electrons. The number of aryl methyl sites for hydroxylation is 1. The van der Waals surface area contributed by atoms with Crippen LogP contribution in [0.25, 0.3) is 0 Å². The Labute approximate surface area is 150 Å². The fourth-order valence-electron chi connectivity index (χ4n) is 4.21. The van der Waals surface area contributed by atoms with Gasteiger partial charge in [-0.1, -0.05) is 0 Å². The van der Waals surface area contributed by atoms with E-state index < -0.39 is 0 Å². The van der Waals surface area contributed by atoms with Crippen LogP contribution in [-0.4, -0.2) is 72.1 Å². The average Bonchev–Trinajstić information content (AvgIpc) is 3.14. The van der Waals surface area contributed by atoms with E-state index in [1.54, 1.807) is 4.68 Å². The molecule has 1 atom stereocenters. The van der Waals surface area contributed by atoms with E-state index >= 15 is 0 Å². The standard InChI is InChI=1S/C18H31N5O2/c1-5-25-15-8-18(9-15)6-7-23(13-18)17(24)19-11-16(21(2)3)14-10-20-22(4)12-14/h10,12,15-16H,5-9,11,13H2,1-4H3,(H,19,24). The molecule has 1 aliphatic heterocycles. The molecular weight excluding hydrogens is 318 g/mol. The summed E-state index contributed by atoms with van der Waals surface area (Å²) in [5.41, 5.74) is 1.42. The number of likely N-dealkylation sites (N-methyl/N-ethyl adjacent to an activating group) is 1. The van der Waals surface area contributed by atoms with Crippen LogP contribution in [0.15, 0.2) is 12.4 Å². The Morgan fingerprint density at radius 2 is 2.28 bits per heavy atom. The van der Waals surface area contributed by atoms with Crippen molar-refractivity contribution in [3.63, 3.8) is 0 Å². The SMILES string of the molecule is CCOC1CC2(CCN(C(=O)NCC(c3cnn(C)c3)N(C)C)C2)C1. The maximum Gasteiger partial charge on any atom is 0.317 e. The first-order valence-corrected chi connectivity index (χ1v) is 9.22. The molecule has 1 aromatic heterocycles. The third-order valence-corrected chi connectivity index (χ3v) is 5.63. The van der Waals surface area contributed by atoms with Crippen LogP contribution in [0.1, 0.15) is 37.8 Å². The number of carbonyl (C=O) groups excluding carboxylic acids is 1. The van der Waals surface area contributed by atoms with Gasteiger partial charge >= 0.3 is 6.03 Å². The quantitative estimate of drug-likeness (QED) is 0.848. The van der Waals surface area contributed by atoms with Crippen molar-refractivity contribution in [2.24, 2.45) is 12.5 Å². The van der Waals surface area contributed by atoms with Gasteiger partial charge in [0, 0.05) is 45.0 Å². The number of nitrogens with one attached hydrogen (secondary N) is 1. The number of hydrogen-bond donors (Lipinski definition) is 1. The fourth-order valence-corrected chi connectivity index (χ4v) is 4.21. The van der Waals surface area contributed by atoms with Crippen molar-refractivity contribution in [1.82, 2.24) is 24.9 Å². The molecule has 1 saturated heterocycles. The van der Waals surface area contributed by atoms with Crippen molar-refractivity contribution >= 4 is 6.03 Å². The largest absolute Gasteiger partial charge is 0.378 e. The molecule has 2 amide bonds. The predicted molar refractivity (Wildman–Crippen MR) is 96.3 cm³/mol. The number of ether oxygens (including phenoxy) is 1. The topological polar surface area (TPSA) is 62.6 Å². The predicted octanol–water partition coefficient (Wildman–Crippen LogP) is 1.62. The highest BCUT2D eigenvalue weighted by molar-refractivity contribution is 5.74. The first-order chi connectivity index (χ1) is 11.9. The van der Waals surface area contributed by atoms with Gasteiger partial charge in [0.1, 0.15) is 0 Å². The van der Waals surface area contributed by atoms with Gasteiger partial charge < -0.3 is 19.9 Å². The highest BCUT2D eigenvalue weighted by atomic mass is 16.5. The van der Waals surface area contributed by atoms with E-state index in [2.05, 4.69) is 15.3 Å². The van der Waals surface area contributed by atoms with Crippen LogP contribution in [0.4, 0.5) is 4.79 Å². The van der Waals surface area contributed by atoms with Gasteiger partial charge in [-0.25, -0.2) is 4.79 Å². The number of likely N-dealkylation sites (tertiary alicyclic amines) is 1. The zero-order valence-corrected chi connectivity index (χ0v) is 15.9. The number of carbonyl (C=O) groups is 1. The molecule has 1 unspecified atom stereocenters. The number of amides is 2. The zero-order chi connectivity index (χ0) is 18.0. The van der Waals surface area contributed by atoms with E-state index in [9.17, 15) is 4.79 Å². The van der Waals surface area contributed by atoms with E-state index in [0.29, 0.717) is 18.1 Å². The Morgan fingerprint density at radius 1 is 1.52 bits per heavy atom. The molecule has 1 saturated carbocycles. The Morgan fingerprint density at radius 3 is 2.88 bits per heavy atom. The number of nitrogens with zero attached hydrogens (tertiary/aromatic N) is 4. The zero-order valence-electron chi connectivity index (χ0n) is 15.9. The molecule has 2 fully saturated rings. The smallest absolute Gasteiger partial charge is 0.317 e. The second kappa shape index (κ2) is 7.33. The van der Waals surface area contributed by atoms with Crippen LogP contribution in [0.3, 0.4) is 0 Å². The molecule has 1 aliphatic carbocycles. The van der Waals surface area contributed by atoms with Crippen molar-refractivity contribution in [3.8, 4) is 0 Å². The maximum atomic E-state index is 12.6. The van der Waals surface area contributed by atoms with E-state index in [1.165, 1.54) is 0 Å². The number of hydrogen-bond acceptors (Lipinski definition) is 4. The minimum absolute atomic E-state index is 0.0486. The van der Waals surface area contributed by atoms with Crippen molar-refractivity contribution in [2.45, 2.75) is 38.3 Å². The van der Waals surface area contributed by atoms with Crippen molar-refractivity contribution in [1.29, 1.82) is 0 Å². The summed E-state index contributed by atoms with van der Waals surface area (Å²) in [6.07, 6.45) is 7.57. The molecular formula is C18H31N5O2. The van der Waals surface area contributed by atoms with Crippen molar-refractivity contribution in [2.75, 3.05) is 40.3 Å². The number of rotatable bonds is 6. The van der Waals surface area contributed by atoms with Crippen molar-refractivity contribution < 1.29 is 9.53 Å². The van der Waals surface area contributed by atoms with Crippen LogP contribution in [-0.2, 0) is 11.8 Å². The fraction of sp³-hybridized carbons (Fsp3) is 0.778. The third kappa shape index (κ3) is 3.98. The van der Waals surface area contributed by atoms with Gasteiger partial charge in [0.2, 0.25) is 0 Å². The van der Waals surface area contributed by atoms with Gasteiger partial charge in [0.15, 0.2) is 0 Å². The average molecular weight is 349 g/mol. The Hall–Kier alpha value is -1.60. The Balaban J connectivity index is 1.49. The van der Waals surface area contributed by atoms with Crippen LogP contribution < -0.4 is 5.32 Å². The van der Waals surface area contributed by atoms with E-state index in [1.807, 2.05) is 45.4 Å². The van der Waals surface area contributed by atoms with Crippen LogP contribution in [0.2, 0.25) is 0 Å². The molecule has 3 rings (SSSR count). The Kier molecular flexibility index (Phi) is 5.34. The lowest BCUT2D eigenvalue weighted by atomic mass is 9.66. The van der Waals surface area contributed by atoms with Crippen LogP contribution in [0.5, 0.6) is 0 Å². The third-order valence-electron chi connectivity index (χ3n) is 5.63. The molecule has 1 aromatic rings. The molecule has 7 nitrogen and oxygen atoms in total. The van der Waals surface area contributed by atoms with Gasteiger partial charge in [0.25, 0.3) is 0 Å². The first kappa shape index (κ1) is 18.2. The monoisotopic (exact) mass is 349 g/mol. The normalized spacial score (nSPS) is 26.9. The minimum atomic E-state index is 0.0486. The lowest BCUT2D eigenvalue weighted by molar-refractivity contribution is -0.0704. The minimum Gasteiger partial charge on any atom is -0.378 e. The molecule has 1 N–H and O–H groups in total. The lowest BCUT2D eigenvalue weighted by Crippen LogP contribution is -2.47. The van der Waals surface area contributed by atoms with Gasteiger partial charge in [-0.15, -0.1) is 0 Å². The van der Waals surface area contributed by atoms with Crippen LogP contribution in [0, 0.1) is 5.41 Å². The summed E-state index contributed by atoms with van der Waals surface area (Å²) < 4.78 is 7.48. The summed E-state index contributed by atoms with van der Waals surface area (Å²) in [5.74, 6) is 0. The molecule has 140 valence electrons. The second-order valence-corrected chi connectivity index (χ2v) is 7.77. The highest BCUT2D eigenvalue weighted by Crippen LogP contribution is 2.49. The number of urea groups is 1. The summed E-state index contributed by atoms with van der Waals surface area (Å²) in [6, 6.07) is 0.174. The van der Waals surface area contributed by atoms with Gasteiger partial charge in [-0.2, -0.15) is 5.10 Å². The summed E-state index contributed by atoms with van der Waals surface area (Å²) in [4.78, 5) is 16.7. The van der Waals surface area contributed by atoms with E-state index in [-0.39, 0.29) is 12.1 Å². The maximum absolute atomic E-state index is 12.6. The molecule has 2 aliphatic rings. The van der Waals surface area contributed by atoms with E-state index in [4.69, 9.17) is 4.74 Å². The first-order valence-electron chi connectivity index (χ1n) is 9.22. The van der Waals surface area contributed by atoms with Gasteiger partial charge in [0.05, 0.1) is 18.3 Å². The number of aromatic nitrogens is 2. The second-order valence-electron chi connectivity index (χ2n) is 7.77. The molecule has 25 heavy (non-hydrogen) atoms. The van der Waals surface area contributed by atoms with Crippen LogP contribution >= 0.6 is 0 Å².